The van der Waals surface area contributed by atoms with E-state index in [9.17, 15) is 0 Å². The summed E-state index contributed by atoms with van der Waals surface area (Å²) in [5.41, 5.74) is 7.23. The molecule has 0 atom stereocenters. The lowest BCUT2D eigenvalue weighted by Crippen LogP contribution is -2.14. The summed E-state index contributed by atoms with van der Waals surface area (Å²) in [6.45, 7) is 3.31. The zero-order valence-electron chi connectivity index (χ0n) is 6.54. The molecule has 0 radical (unpaired) electrons. The quantitative estimate of drug-likeness (QED) is 0.647. The van der Waals surface area contributed by atoms with E-state index in [0.29, 0.717) is 6.54 Å². The molecule has 1 rings (SSSR count). The van der Waals surface area contributed by atoms with Gasteiger partial charge < -0.3 is 11.1 Å². The van der Waals surface area contributed by atoms with Gasteiger partial charge in [0.05, 0.1) is 17.6 Å². The maximum absolute atomic E-state index is 5.32. The molecule has 1 aromatic rings. The molecule has 0 saturated heterocycles. The molecule has 60 valence electrons. The number of nitrogens with one attached hydrogen (secondary N) is 1. The van der Waals surface area contributed by atoms with E-state index in [4.69, 9.17) is 5.73 Å². The zero-order chi connectivity index (χ0) is 8.10. The van der Waals surface area contributed by atoms with E-state index in [2.05, 4.69) is 15.3 Å². The molecule has 0 fully saturated rings. The van der Waals surface area contributed by atoms with Crippen LogP contribution in [0, 0.1) is 6.92 Å². The Bertz CT molecular complexity index is 223. The highest BCUT2D eigenvalue weighted by atomic mass is 14.9. The van der Waals surface area contributed by atoms with Crippen LogP contribution in [0.25, 0.3) is 0 Å². The normalized spacial score (nSPS) is 9.64. The first-order chi connectivity index (χ1) is 5.34. The van der Waals surface area contributed by atoms with Crippen LogP contribution in [0.15, 0.2) is 12.5 Å². The van der Waals surface area contributed by atoms with Crippen molar-refractivity contribution in [1.29, 1.82) is 0 Å². The monoisotopic (exact) mass is 152 g/mol. The molecule has 0 bridgehead atoms. The van der Waals surface area contributed by atoms with Gasteiger partial charge in [0.25, 0.3) is 0 Å². The summed E-state index contributed by atoms with van der Waals surface area (Å²) in [5.74, 6) is 0. The van der Waals surface area contributed by atoms with Gasteiger partial charge >= 0.3 is 0 Å². The molecule has 1 aromatic heterocycles. The van der Waals surface area contributed by atoms with E-state index < -0.39 is 0 Å². The minimum absolute atomic E-state index is 0.619. The van der Waals surface area contributed by atoms with E-state index in [1.165, 1.54) is 6.33 Å². The molecule has 0 saturated carbocycles. The van der Waals surface area contributed by atoms with Crippen molar-refractivity contribution in [3.05, 3.63) is 18.2 Å². The fourth-order valence-corrected chi connectivity index (χ4v) is 0.771. The van der Waals surface area contributed by atoms with Gasteiger partial charge in [-0.15, -0.1) is 0 Å². The first-order valence-electron chi connectivity index (χ1n) is 3.55. The molecule has 0 aliphatic heterocycles. The van der Waals surface area contributed by atoms with E-state index in [-0.39, 0.29) is 0 Å². The molecule has 0 spiro atoms. The zero-order valence-corrected chi connectivity index (χ0v) is 6.54. The molecule has 4 heteroatoms. The second kappa shape index (κ2) is 3.88. The minimum Gasteiger partial charge on any atom is -0.381 e. The summed E-state index contributed by atoms with van der Waals surface area (Å²) >= 11 is 0. The number of hydrogen-bond acceptors (Lipinski definition) is 4. The fraction of sp³-hybridized carbons (Fsp3) is 0.429. The summed E-state index contributed by atoms with van der Waals surface area (Å²) in [7, 11) is 0. The molecule has 0 aromatic carbocycles. The Labute approximate surface area is 65.9 Å². The third-order valence-corrected chi connectivity index (χ3v) is 1.37. The van der Waals surface area contributed by atoms with Gasteiger partial charge in [0.15, 0.2) is 0 Å². The van der Waals surface area contributed by atoms with Gasteiger partial charge in [-0.1, -0.05) is 0 Å². The fourth-order valence-electron chi connectivity index (χ4n) is 0.771. The second-order valence-corrected chi connectivity index (χ2v) is 2.24. The summed E-state index contributed by atoms with van der Waals surface area (Å²) in [6, 6.07) is 0. The number of nitrogens with two attached hydrogens (primary N) is 1. The van der Waals surface area contributed by atoms with Crippen LogP contribution in [-0.4, -0.2) is 23.1 Å². The van der Waals surface area contributed by atoms with Crippen molar-refractivity contribution in [2.45, 2.75) is 6.92 Å². The van der Waals surface area contributed by atoms with E-state index >= 15 is 0 Å². The number of anilines is 1. The van der Waals surface area contributed by atoms with E-state index in [1.807, 2.05) is 6.92 Å². The molecule has 4 nitrogen and oxygen atoms in total. The lowest BCUT2D eigenvalue weighted by Gasteiger charge is -2.04. The Morgan fingerprint density at radius 1 is 1.64 bits per heavy atom. The predicted molar refractivity (Wildman–Crippen MR) is 44.3 cm³/mol. The summed E-state index contributed by atoms with van der Waals surface area (Å²) < 4.78 is 0. The van der Waals surface area contributed by atoms with Crippen LogP contribution in [0.4, 0.5) is 5.69 Å². The van der Waals surface area contributed by atoms with Crippen LogP contribution in [0.1, 0.15) is 5.69 Å². The number of hydrogen-bond donors (Lipinski definition) is 2. The first-order valence-corrected chi connectivity index (χ1v) is 3.55. The highest BCUT2D eigenvalue weighted by Crippen LogP contribution is 2.06. The van der Waals surface area contributed by atoms with Gasteiger partial charge in [0.2, 0.25) is 0 Å². The van der Waals surface area contributed by atoms with Gasteiger partial charge in [-0.3, -0.25) is 0 Å². The third-order valence-electron chi connectivity index (χ3n) is 1.37. The number of aryl methyl sites for hydroxylation is 1. The van der Waals surface area contributed by atoms with Crippen LogP contribution < -0.4 is 11.1 Å². The maximum atomic E-state index is 5.32. The Morgan fingerprint density at radius 3 is 3.09 bits per heavy atom. The topological polar surface area (TPSA) is 63.8 Å². The average Bonchev–Trinajstić information content (AvgIpc) is 2.03. The van der Waals surface area contributed by atoms with Gasteiger partial charge in [-0.25, -0.2) is 9.97 Å². The predicted octanol–water partition coefficient (Wildman–Crippen LogP) is 0.156. The van der Waals surface area contributed by atoms with Crippen LogP contribution >= 0.6 is 0 Å². The van der Waals surface area contributed by atoms with Gasteiger partial charge in [0.1, 0.15) is 6.33 Å². The molecule has 1 heterocycles. The summed E-state index contributed by atoms with van der Waals surface area (Å²) in [4.78, 5) is 7.90. The van der Waals surface area contributed by atoms with Crippen molar-refractivity contribution in [1.82, 2.24) is 9.97 Å². The molecular formula is C7H12N4. The van der Waals surface area contributed by atoms with Crippen LogP contribution in [0.5, 0.6) is 0 Å². The molecule has 3 N–H and O–H groups in total. The van der Waals surface area contributed by atoms with Gasteiger partial charge in [-0.05, 0) is 6.92 Å². The Kier molecular flexibility index (Phi) is 2.80. The summed E-state index contributed by atoms with van der Waals surface area (Å²) in [5, 5.41) is 3.11. The van der Waals surface area contributed by atoms with Gasteiger partial charge in [-0.2, -0.15) is 0 Å². The minimum atomic E-state index is 0.619. The average molecular weight is 152 g/mol. The number of rotatable bonds is 3. The number of nitrogens with zero attached hydrogens (tertiary/aromatic N) is 2. The molecule has 0 aliphatic rings. The Morgan fingerprint density at radius 2 is 2.45 bits per heavy atom. The largest absolute Gasteiger partial charge is 0.381 e. The summed E-state index contributed by atoms with van der Waals surface area (Å²) in [6.07, 6.45) is 3.28. The molecule has 0 unspecified atom stereocenters. The van der Waals surface area contributed by atoms with Crippen LogP contribution in [0.2, 0.25) is 0 Å². The standard InChI is InChI=1S/C7H12N4/c1-6-7(10-3-2-8)4-9-5-11-6/h4-5,10H,2-3,8H2,1H3. The van der Waals surface area contributed by atoms with Crippen molar-refractivity contribution in [3.63, 3.8) is 0 Å². The van der Waals surface area contributed by atoms with Gasteiger partial charge in [0, 0.05) is 13.1 Å². The molecular weight excluding hydrogens is 140 g/mol. The van der Waals surface area contributed by atoms with Crippen molar-refractivity contribution in [3.8, 4) is 0 Å². The molecule has 0 aliphatic carbocycles. The highest BCUT2D eigenvalue weighted by molar-refractivity contribution is 5.44. The van der Waals surface area contributed by atoms with E-state index in [0.717, 1.165) is 17.9 Å². The maximum Gasteiger partial charge on any atom is 0.115 e. The molecule has 11 heavy (non-hydrogen) atoms. The lowest BCUT2D eigenvalue weighted by atomic mass is 10.4. The number of aromatic nitrogens is 2. The second-order valence-electron chi connectivity index (χ2n) is 2.24. The van der Waals surface area contributed by atoms with Crippen LogP contribution in [-0.2, 0) is 0 Å². The Hall–Kier alpha value is -1.16. The lowest BCUT2D eigenvalue weighted by molar-refractivity contribution is 1.00. The molecule has 0 amide bonds. The van der Waals surface area contributed by atoms with Crippen molar-refractivity contribution < 1.29 is 0 Å². The van der Waals surface area contributed by atoms with Crippen molar-refractivity contribution in [2.75, 3.05) is 18.4 Å². The SMILES string of the molecule is Cc1ncncc1NCCN. The van der Waals surface area contributed by atoms with E-state index in [1.54, 1.807) is 6.20 Å². The smallest absolute Gasteiger partial charge is 0.115 e. The van der Waals surface area contributed by atoms with Crippen molar-refractivity contribution >= 4 is 5.69 Å². The third kappa shape index (κ3) is 2.16. The van der Waals surface area contributed by atoms with Crippen LogP contribution in [0.3, 0.4) is 0 Å². The first kappa shape index (κ1) is 7.94. The highest BCUT2D eigenvalue weighted by Gasteiger charge is 1.94. The Balaban J connectivity index is 2.62. The van der Waals surface area contributed by atoms with Crippen molar-refractivity contribution in [2.24, 2.45) is 5.73 Å².